The number of fused-ring (bicyclic) bond motifs is 1. The summed E-state index contributed by atoms with van der Waals surface area (Å²) in [6, 6.07) is 18.2. The molecule has 0 N–H and O–H groups in total. The molecule has 0 atom stereocenters. The minimum atomic E-state index is -4.64. The average Bonchev–Trinajstić information content (AvgIpc) is 2.79. The number of nitrogens with zero attached hydrogens (tertiary/aromatic N) is 2. The molecule has 0 unspecified atom stereocenters. The Labute approximate surface area is 194 Å². The van der Waals surface area contributed by atoms with Gasteiger partial charge in [0.1, 0.15) is 0 Å². The quantitative estimate of drug-likeness (QED) is 0.274. The van der Waals surface area contributed by atoms with Gasteiger partial charge in [0.2, 0.25) is 9.84 Å². The second-order valence-electron chi connectivity index (χ2n) is 7.58. The van der Waals surface area contributed by atoms with E-state index in [4.69, 9.17) is 4.98 Å². The third-order valence-corrected chi connectivity index (χ3v) is 7.60. The van der Waals surface area contributed by atoms with Crippen LogP contribution >= 0.6 is 11.8 Å². The van der Waals surface area contributed by atoms with Crippen LogP contribution in [0.5, 0.6) is 0 Å². The summed E-state index contributed by atoms with van der Waals surface area (Å²) in [5.74, 6) is -3.10. The molecule has 0 saturated carbocycles. The zero-order valence-corrected chi connectivity index (χ0v) is 19.5. The van der Waals surface area contributed by atoms with Crippen molar-refractivity contribution in [2.75, 3.05) is 0 Å². The van der Waals surface area contributed by atoms with Crippen LogP contribution in [0.1, 0.15) is 16.7 Å². The molecule has 5 nitrogen and oxygen atoms in total. The molecule has 0 fully saturated rings. The fourth-order valence-electron chi connectivity index (χ4n) is 3.50. The van der Waals surface area contributed by atoms with Crippen LogP contribution in [0.4, 0.5) is 8.78 Å². The lowest BCUT2D eigenvalue weighted by atomic mass is 10.1. The fourth-order valence-corrected chi connectivity index (χ4v) is 5.19. The Balaban J connectivity index is 1.74. The molecule has 0 radical (unpaired) electrons. The van der Waals surface area contributed by atoms with Gasteiger partial charge in [-0.05, 0) is 55.3 Å². The molecular formula is C24H20F2N2O3S2. The fraction of sp³-hybridized carbons (Fsp3) is 0.167. The molecule has 4 aromatic rings. The Bertz CT molecular complexity index is 1500. The molecule has 0 aliphatic rings. The first-order valence-electron chi connectivity index (χ1n) is 10.0. The van der Waals surface area contributed by atoms with E-state index in [1.165, 1.54) is 36.0 Å². The minimum absolute atomic E-state index is 0.187. The predicted octanol–water partition coefficient (Wildman–Crippen LogP) is 5.29. The summed E-state index contributed by atoms with van der Waals surface area (Å²) in [6.45, 7) is 3.91. The van der Waals surface area contributed by atoms with Gasteiger partial charge in [0.15, 0.2) is 5.16 Å². The van der Waals surface area contributed by atoms with Crippen molar-refractivity contribution < 1.29 is 17.2 Å². The second-order valence-corrected chi connectivity index (χ2v) is 10.4. The lowest BCUT2D eigenvalue weighted by Crippen LogP contribution is -2.22. The summed E-state index contributed by atoms with van der Waals surface area (Å²) >= 11 is 1.31. The van der Waals surface area contributed by atoms with E-state index in [0.29, 0.717) is 27.4 Å². The lowest BCUT2D eigenvalue weighted by Gasteiger charge is -2.15. The van der Waals surface area contributed by atoms with Crippen molar-refractivity contribution in [3.8, 4) is 5.69 Å². The van der Waals surface area contributed by atoms with Crippen molar-refractivity contribution in [1.29, 1.82) is 0 Å². The third-order valence-electron chi connectivity index (χ3n) is 5.19. The molecule has 33 heavy (non-hydrogen) atoms. The second kappa shape index (κ2) is 9.07. The van der Waals surface area contributed by atoms with Gasteiger partial charge in [-0.1, -0.05) is 53.7 Å². The largest absolute Gasteiger partial charge is 0.341 e. The maximum atomic E-state index is 13.4. The Morgan fingerprint density at radius 3 is 2.36 bits per heavy atom. The number of para-hydroxylation sites is 1. The number of aromatic nitrogens is 2. The summed E-state index contributed by atoms with van der Waals surface area (Å²) in [4.78, 5) is 17.7. The Morgan fingerprint density at radius 1 is 1.00 bits per heavy atom. The highest BCUT2D eigenvalue weighted by molar-refractivity contribution is 7.98. The molecule has 1 heterocycles. The molecule has 0 saturated heterocycles. The summed E-state index contributed by atoms with van der Waals surface area (Å²) in [6.07, 6.45) is 0. The van der Waals surface area contributed by atoms with E-state index in [9.17, 15) is 22.0 Å². The number of hydrogen-bond acceptors (Lipinski definition) is 5. The van der Waals surface area contributed by atoms with Crippen molar-refractivity contribution in [2.45, 2.75) is 35.4 Å². The maximum absolute atomic E-state index is 13.4. The first kappa shape index (κ1) is 23.1. The predicted molar refractivity (Wildman–Crippen MR) is 126 cm³/mol. The van der Waals surface area contributed by atoms with Crippen LogP contribution in [0.2, 0.25) is 0 Å². The standard InChI is InChI=1S/C24H20F2N2O3S2/c1-15-7-12-21(16(2)13-15)28-22(29)19-5-3-4-6-20(19)27-24(28)32-14-17-8-10-18(11-9-17)33(30,31)23(25)26/h3-13,23H,14H2,1-2H3. The molecule has 4 rings (SSSR count). The van der Waals surface area contributed by atoms with Crippen molar-refractivity contribution in [1.82, 2.24) is 9.55 Å². The van der Waals surface area contributed by atoms with Gasteiger partial charge in [-0.15, -0.1) is 0 Å². The normalized spacial score (nSPS) is 11.9. The molecular weight excluding hydrogens is 466 g/mol. The number of aryl methyl sites for hydroxylation is 2. The lowest BCUT2D eigenvalue weighted by molar-refractivity contribution is 0.234. The van der Waals surface area contributed by atoms with Crippen LogP contribution < -0.4 is 5.56 Å². The van der Waals surface area contributed by atoms with Gasteiger partial charge in [0.05, 0.1) is 21.5 Å². The summed E-state index contributed by atoms with van der Waals surface area (Å²) < 4.78 is 50.4. The first-order valence-corrected chi connectivity index (χ1v) is 12.5. The van der Waals surface area contributed by atoms with Crippen molar-refractivity contribution in [2.24, 2.45) is 0 Å². The molecule has 3 aromatic carbocycles. The molecule has 170 valence electrons. The van der Waals surface area contributed by atoms with E-state index in [1.54, 1.807) is 22.8 Å². The van der Waals surface area contributed by atoms with Crippen molar-refractivity contribution >= 4 is 32.5 Å². The van der Waals surface area contributed by atoms with E-state index in [-0.39, 0.29) is 5.56 Å². The van der Waals surface area contributed by atoms with Gasteiger partial charge in [0.25, 0.3) is 5.56 Å². The monoisotopic (exact) mass is 486 g/mol. The van der Waals surface area contributed by atoms with Gasteiger partial charge in [-0.25, -0.2) is 13.4 Å². The van der Waals surface area contributed by atoms with Crippen LogP contribution in [0, 0.1) is 13.8 Å². The Morgan fingerprint density at radius 2 is 1.70 bits per heavy atom. The highest BCUT2D eigenvalue weighted by Gasteiger charge is 2.26. The first-order chi connectivity index (χ1) is 15.7. The Hall–Kier alpha value is -3.04. The van der Waals surface area contributed by atoms with E-state index in [0.717, 1.165) is 16.8 Å². The number of halogens is 2. The van der Waals surface area contributed by atoms with Crippen LogP contribution in [-0.2, 0) is 15.6 Å². The highest BCUT2D eigenvalue weighted by atomic mass is 32.2. The summed E-state index contributed by atoms with van der Waals surface area (Å²) in [5, 5.41) is 0.985. The van der Waals surface area contributed by atoms with E-state index in [2.05, 4.69) is 0 Å². The zero-order chi connectivity index (χ0) is 23.8. The molecule has 0 bridgehead atoms. The third kappa shape index (κ3) is 4.56. The minimum Gasteiger partial charge on any atom is -0.268 e. The van der Waals surface area contributed by atoms with E-state index >= 15 is 0 Å². The van der Waals surface area contributed by atoms with Crippen LogP contribution in [0.25, 0.3) is 16.6 Å². The SMILES string of the molecule is Cc1ccc(-n2c(SCc3ccc(S(=O)(=O)C(F)F)cc3)nc3ccccc3c2=O)c(C)c1. The van der Waals surface area contributed by atoms with Gasteiger partial charge < -0.3 is 0 Å². The van der Waals surface area contributed by atoms with Crippen LogP contribution in [0.15, 0.2) is 81.6 Å². The number of alkyl halides is 2. The molecule has 1 aromatic heterocycles. The number of hydrogen-bond donors (Lipinski definition) is 0. The molecule has 0 amide bonds. The van der Waals surface area contributed by atoms with Gasteiger partial charge in [-0.3, -0.25) is 9.36 Å². The van der Waals surface area contributed by atoms with Crippen molar-refractivity contribution in [3.05, 3.63) is 93.8 Å². The van der Waals surface area contributed by atoms with E-state index < -0.39 is 20.5 Å². The molecule has 0 aliphatic carbocycles. The average molecular weight is 487 g/mol. The maximum Gasteiger partial charge on any atom is 0.341 e. The number of rotatable bonds is 6. The molecule has 0 spiro atoms. The van der Waals surface area contributed by atoms with Gasteiger partial charge in [0, 0.05) is 5.75 Å². The van der Waals surface area contributed by atoms with E-state index in [1.807, 2.05) is 38.1 Å². The van der Waals surface area contributed by atoms with Crippen molar-refractivity contribution in [3.63, 3.8) is 0 Å². The number of sulfone groups is 1. The number of thioether (sulfide) groups is 1. The van der Waals surface area contributed by atoms with Gasteiger partial charge in [-0.2, -0.15) is 8.78 Å². The highest BCUT2D eigenvalue weighted by Crippen LogP contribution is 2.27. The summed E-state index contributed by atoms with van der Waals surface area (Å²) in [7, 11) is -4.64. The van der Waals surface area contributed by atoms with Crippen LogP contribution in [0.3, 0.4) is 0 Å². The molecule has 9 heteroatoms. The molecule has 0 aliphatic heterocycles. The smallest absolute Gasteiger partial charge is 0.268 e. The van der Waals surface area contributed by atoms with Gasteiger partial charge >= 0.3 is 5.76 Å². The number of benzene rings is 3. The zero-order valence-electron chi connectivity index (χ0n) is 17.8. The topological polar surface area (TPSA) is 69.0 Å². The Kier molecular flexibility index (Phi) is 6.36. The summed E-state index contributed by atoms with van der Waals surface area (Å²) in [5.41, 5.74) is 3.83. The van der Waals surface area contributed by atoms with Crippen LogP contribution in [-0.4, -0.2) is 23.7 Å².